The van der Waals surface area contributed by atoms with Crippen molar-refractivity contribution in [1.29, 1.82) is 0 Å². The topological polar surface area (TPSA) is 34.9 Å². The molecule has 24 heavy (non-hydrogen) atoms. The number of aromatic nitrogens is 2. The number of hydrogen-bond acceptors (Lipinski definition) is 3. The third-order valence-electron chi connectivity index (χ3n) is 3.70. The molecule has 3 rings (SSSR count). The molecule has 0 atom stereocenters. The van der Waals surface area contributed by atoms with E-state index in [9.17, 15) is 9.18 Å². The lowest BCUT2D eigenvalue weighted by Gasteiger charge is -2.16. The standard InChI is InChI=1S/C18H16ClFN2OS/c1-11(2)22-17(23)12-6-3-4-9-16(12)21-18(22)24-10-13-14(19)7-5-8-15(13)20/h3-9,11H,10H2,1-2H3. The van der Waals surface area contributed by atoms with Gasteiger partial charge in [-0.25, -0.2) is 9.37 Å². The molecule has 1 aromatic heterocycles. The molecule has 0 aliphatic heterocycles. The maximum absolute atomic E-state index is 14.0. The molecule has 0 unspecified atom stereocenters. The molecule has 6 heteroatoms. The number of halogens is 2. The summed E-state index contributed by atoms with van der Waals surface area (Å²) in [7, 11) is 0. The lowest BCUT2D eigenvalue weighted by atomic mass is 10.2. The second-order valence-electron chi connectivity index (χ2n) is 5.67. The van der Waals surface area contributed by atoms with E-state index >= 15 is 0 Å². The Hall–Kier alpha value is -1.85. The van der Waals surface area contributed by atoms with Crippen LogP contribution in [0.15, 0.2) is 52.4 Å². The van der Waals surface area contributed by atoms with Crippen molar-refractivity contribution in [3.05, 3.63) is 69.2 Å². The molecule has 0 saturated carbocycles. The summed E-state index contributed by atoms with van der Waals surface area (Å²) in [6, 6.07) is 11.8. The van der Waals surface area contributed by atoms with Gasteiger partial charge in [0.15, 0.2) is 5.16 Å². The highest BCUT2D eigenvalue weighted by atomic mass is 35.5. The number of nitrogens with zero attached hydrogens (tertiary/aromatic N) is 2. The van der Waals surface area contributed by atoms with Crippen LogP contribution in [-0.2, 0) is 5.75 Å². The molecule has 3 nitrogen and oxygen atoms in total. The fraction of sp³-hybridized carbons (Fsp3) is 0.222. The minimum atomic E-state index is -0.353. The van der Waals surface area contributed by atoms with Crippen LogP contribution in [0.2, 0.25) is 5.02 Å². The number of benzene rings is 2. The first-order chi connectivity index (χ1) is 11.5. The zero-order valence-corrected chi connectivity index (χ0v) is 14.9. The van der Waals surface area contributed by atoms with Crippen molar-refractivity contribution in [2.24, 2.45) is 0 Å². The Morgan fingerprint density at radius 2 is 1.96 bits per heavy atom. The molecule has 0 fully saturated rings. The predicted molar refractivity (Wildman–Crippen MR) is 97.4 cm³/mol. The van der Waals surface area contributed by atoms with Gasteiger partial charge in [-0.1, -0.05) is 41.6 Å². The highest BCUT2D eigenvalue weighted by Crippen LogP contribution is 2.29. The third-order valence-corrected chi connectivity index (χ3v) is 5.03. The molecule has 0 aliphatic carbocycles. The molecule has 1 heterocycles. The van der Waals surface area contributed by atoms with Crippen LogP contribution in [0, 0.1) is 5.82 Å². The Labute approximate surface area is 148 Å². The van der Waals surface area contributed by atoms with Crippen LogP contribution >= 0.6 is 23.4 Å². The predicted octanol–water partition coefficient (Wildman–Crippen LogP) is 5.06. The summed E-state index contributed by atoms with van der Waals surface area (Å²) in [5.41, 5.74) is 0.973. The summed E-state index contributed by atoms with van der Waals surface area (Å²) in [4.78, 5) is 17.3. The van der Waals surface area contributed by atoms with Crippen molar-refractivity contribution in [3.63, 3.8) is 0 Å². The van der Waals surface area contributed by atoms with E-state index in [1.54, 1.807) is 22.8 Å². The first-order valence-electron chi connectivity index (χ1n) is 7.56. The second-order valence-corrected chi connectivity index (χ2v) is 7.02. The van der Waals surface area contributed by atoms with E-state index in [0.29, 0.717) is 32.4 Å². The van der Waals surface area contributed by atoms with Gasteiger partial charge in [-0.3, -0.25) is 9.36 Å². The van der Waals surface area contributed by atoms with E-state index in [-0.39, 0.29) is 17.4 Å². The van der Waals surface area contributed by atoms with Crippen LogP contribution in [0.3, 0.4) is 0 Å². The molecule has 0 N–H and O–H groups in total. The summed E-state index contributed by atoms with van der Waals surface area (Å²) in [6.07, 6.45) is 0. The maximum Gasteiger partial charge on any atom is 0.262 e. The Bertz CT molecular complexity index is 935. The van der Waals surface area contributed by atoms with Gasteiger partial charge in [0.2, 0.25) is 0 Å². The molecule has 0 aliphatic rings. The van der Waals surface area contributed by atoms with Crippen LogP contribution in [-0.4, -0.2) is 9.55 Å². The number of hydrogen-bond donors (Lipinski definition) is 0. The van der Waals surface area contributed by atoms with Crippen LogP contribution < -0.4 is 5.56 Å². The Kier molecular flexibility index (Phi) is 4.92. The lowest BCUT2D eigenvalue weighted by Crippen LogP contribution is -2.25. The molecule has 0 amide bonds. The van der Waals surface area contributed by atoms with Gasteiger partial charge in [0.05, 0.1) is 10.9 Å². The molecule has 0 spiro atoms. The second kappa shape index (κ2) is 6.95. The van der Waals surface area contributed by atoms with Crippen molar-refractivity contribution < 1.29 is 4.39 Å². The molecule has 2 aromatic carbocycles. The minimum Gasteiger partial charge on any atom is -0.285 e. The maximum atomic E-state index is 14.0. The van der Waals surface area contributed by atoms with E-state index in [1.807, 2.05) is 32.0 Å². The van der Waals surface area contributed by atoms with E-state index in [2.05, 4.69) is 4.98 Å². The van der Waals surface area contributed by atoms with E-state index in [1.165, 1.54) is 17.8 Å². The van der Waals surface area contributed by atoms with Crippen molar-refractivity contribution in [3.8, 4) is 0 Å². The van der Waals surface area contributed by atoms with Crippen molar-refractivity contribution in [2.75, 3.05) is 0 Å². The zero-order valence-electron chi connectivity index (χ0n) is 13.3. The fourth-order valence-corrected chi connectivity index (χ4v) is 3.96. The molecule has 0 radical (unpaired) electrons. The fourth-order valence-electron chi connectivity index (χ4n) is 2.49. The van der Waals surface area contributed by atoms with Crippen molar-refractivity contribution in [1.82, 2.24) is 9.55 Å². The largest absolute Gasteiger partial charge is 0.285 e. The van der Waals surface area contributed by atoms with Crippen molar-refractivity contribution in [2.45, 2.75) is 30.8 Å². The number of para-hydroxylation sites is 1. The average Bonchev–Trinajstić information content (AvgIpc) is 2.54. The molecular weight excluding hydrogens is 347 g/mol. The number of fused-ring (bicyclic) bond motifs is 1. The monoisotopic (exact) mass is 362 g/mol. The van der Waals surface area contributed by atoms with Gasteiger partial charge in [0.1, 0.15) is 5.82 Å². The van der Waals surface area contributed by atoms with Gasteiger partial charge >= 0.3 is 0 Å². The summed E-state index contributed by atoms with van der Waals surface area (Å²) in [6.45, 7) is 3.86. The summed E-state index contributed by atoms with van der Waals surface area (Å²) < 4.78 is 15.6. The smallest absolute Gasteiger partial charge is 0.262 e. The SMILES string of the molecule is CC(C)n1c(SCc2c(F)cccc2Cl)nc2ccccc2c1=O. The third kappa shape index (κ3) is 3.19. The Morgan fingerprint density at radius 1 is 1.21 bits per heavy atom. The molecule has 0 saturated heterocycles. The van der Waals surface area contributed by atoms with Gasteiger partial charge in [0, 0.05) is 22.4 Å². The Balaban J connectivity index is 2.05. The quantitative estimate of drug-likeness (QED) is 0.480. The van der Waals surface area contributed by atoms with Crippen molar-refractivity contribution >= 4 is 34.3 Å². The van der Waals surface area contributed by atoms with E-state index in [0.717, 1.165) is 0 Å². The summed E-state index contributed by atoms with van der Waals surface area (Å²) in [5, 5.41) is 1.52. The normalized spacial score (nSPS) is 11.4. The molecule has 3 aromatic rings. The highest BCUT2D eigenvalue weighted by molar-refractivity contribution is 7.98. The first kappa shape index (κ1) is 17.0. The van der Waals surface area contributed by atoms with Gasteiger partial charge in [-0.05, 0) is 38.1 Å². The highest BCUT2D eigenvalue weighted by Gasteiger charge is 2.15. The number of thioether (sulfide) groups is 1. The number of rotatable bonds is 4. The van der Waals surface area contributed by atoms with Crippen LogP contribution in [0.1, 0.15) is 25.5 Å². The molecule has 0 bridgehead atoms. The van der Waals surface area contributed by atoms with E-state index < -0.39 is 0 Å². The van der Waals surface area contributed by atoms with Crippen LogP contribution in [0.4, 0.5) is 4.39 Å². The zero-order chi connectivity index (χ0) is 17.3. The first-order valence-corrected chi connectivity index (χ1v) is 8.92. The molecular formula is C18H16ClFN2OS. The summed E-state index contributed by atoms with van der Waals surface area (Å²) in [5.74, 6) is -0.0440. The van der Waals surface area contributed by atoms with Crippen LogP contribution in [0.25, 0.3) is 10.9 Å². The van der Waals surface area contributed by atoms with E-state index in [4.69, 9.17) is 11.6 Å². The lowest BCUT2D eigenvalue weighted by molar-refractivity contribution is 0.519. The van der Waals surface area contributed by atoms with Gasteiger partial charge < -0.3 is 0 Å². The summed E-state index contributed by atoms with van der Waals surface area (Å²) >= 11 is 7.40. The average molecular weight is 363 g/mol. The van der Waals surface area contributed by atoms with Gasteiger partial charge in [0.25, 0.3) is 5.56 Å². The molecule has 124 valence electrons. The van der Waals surface area contributed by atoms with Gasteiger partial charge in [-0.2, -0.15) is 0 Å². The van der Waals surface area contributed by atoms with Crippen LogP contribution in [0.5, 0.6) is 0 Å². The minimum absolute atomic E-state index is 0.0480. The van der Waals surface area contributed by atoms with Gasteiger partial charge in [-0.15, -0.1) is 0 Å². The Morgan fingerprint density at radius 3 is 2.67 bits per heavy atom.